The van der Waals surface area contributed by atoms with E-state index < -0.39 is 35.5 Å². The lowest BCUT2D eigenvalue weighted by molar-refractivity contribution is -0.146. The number of halogens is 4. The molecular weight excluding hydrogens is 280 g/mol. The Hall–Kier alpha value is -1.63. The zero-order valence-electron chi connectivity index (χ0n) is 10.9. The quantitative estimate of drug-likeness (QED) is 0.685. The average molecular weight is 294 g/mol. The van der Waals surface area contributed by atoms with E-state index in [2.05, 4.69) is 4.74 Å². The molecule has 0 fully saturated rings. The number of hydrogen-bond donors (Lipinski definition) is 1. The second-order valence-corrected chi connectivity index (χ2v) is 4.45. The largest absolute Gasteiger partial charge is 0.469 e. The number of aliphatic hydroxyl groups is 1. The topological polar surface area (TPSA) is 46.5 Å². The number of carbonyl (C=O) groups is 1. The van der Waals surface area contributed by atoms with Crippen LogP contribution in [0.4, 0.5) is 17.6 Å². The fourth-order valence-electron chi connectivity index (χ4n) is 1.74. The highest BCUT2D eigenvalue weighted by molar-refractivity contribution is 5.71. The van der Waals surface area contributed by atoms with Crippen molar-refractivity contribution in [3.63, 3.8) is 0 Å². The number of alkyl halides is 3. The van der Waals surface area contributed by atoms with E-state index in [4.69, 9.17) is 0 Å². The van der Waals surface area contributed by atoms with Gasteiger partial charge >= 0.3 is 12.1 Å². The van der Waals surface area contributed by atoms with Crippen molar-refractivity contribution in [2.45, 2.75) is 25.6 Å². The molecule has 0 amide bonds. The second kappa shape index (κ2) is 6.21. The second-order valence-electron chi connectivity index (χ2n) is 4.45. The number of methoxy groups -OCH3 is 1. The van der Waals surface area contributed by atoms with Gasteiger partial charge in [0.25, 0.3) is 0 Å². The normalized spacial score (nSPS) is 14.8. The monoisotopic (exact) mass is 294 g/mol. The van der Waals surface area contributed by atoms with E-state index in [1.165, 1.54) is 6.92 Å². The summed E-state index contributed by atoms with van der Waals surface area (Å²) in [7, 11) is 1.16. The number of carbonyl (C=O) groups excluding carboxylic acids is 1. The van der Waals surface area contributed by atoms with Gasteiger partial charge in [-0.3, -0.25) is 4.79 Å². The van der Waals surface area contributed by atoms with Crippen molar-refractivity contribution in [2.24, 2.45) is 5.92 Å². The van der Waals surface area contributed by atoms with Crippen molar-refractivity contribution in [3.8, 4) is 0 Å². The number of rotatable bonds is 4. The van der Waals surface area contributed by atoms with Crippen LogP contribution in [0.1, 0.15) is 30.6 Å². The van der Waals surface area contributed by atoms with Crippen LogP contribution in [-0.2, 0) is 15.7 Å². The minimum absolute atomic E-state index is 0.159. The fraction of sp³-hybridized carbons (Fsp3) is 0.462. The van der Waals surface area contributed by atoms with Gasteiger partial charge in [-0.1, -0.05) is 6.92 Å². The van der Waals surface area contributed by atoms with Gasteiger partial charge < -0.3 is 9.84 Å². The van der Waals surface area contributed by atoms with Gasteiger partial charge in [0, 0.05) is 0 Å². The standard InChI is InChI=1S/C13H14F4O3/c1-7(12(19)20-2)3-11(18)8-4-9(13(15,16)17)6-10(14)5-8/h4-7,11,18H,3H2,1-2H3. The molecule has 1 aromatic rings. The van der Waals surface area contributed by atoms with Crippen molar-refractivity contribution in [2.75, 3.05) is 7.11 Å². The first-order valence-corrected chi connectivity index (χ1v) is 5.78. The third kappa shape index (κ3) is 4.19. The van der Waals surface area contributed by atoms with E-state index in [-0.39, 0.29) is 12.0 Å². The van der Waals surface area contributed by atoms with Gasteiger partial charge in [0.1, 0.15) is 5.82 Å². The van der Waals surface area contributed by atoms with Crippen LogP contribution in [-0.4, -0.2) is 18.2 Å². The molecule has 1 aromatic carbocycles. The summed E-state index contributed by atoms with van der Waals surface area (Å²) in [5, 5.41) is 9.81. The van der Waals surface area contributed by atoms with E-state index in [1.807, 2.05) is 0 Å². The molecule has 0 radical (unpaired) electrons. The van der Waals surface area contributed by atoms with E-state index in [9.17, 15) is 27.5 Å². The molecule has 0 aliphatic rings. The van der Waals surface area contributed by atoms with Gasteiger partial charge in [-0.15, -0.1) is 0 Å². The SMILES string of the molecule is COC(=O)C(C)CC(O)c1cc(F)cc(C(F)(F)F)c1. The number of aliphatic hydroxyl groups excluding tert-OH is 1. The Labute approximate surface area is 113 Å². The van der Waals surface area contributed by atoms with Crippen LogP contribution >= 0.6 is 0 Å². The summed E-state index contributed by atoms with van der Waals surface area (Å²) in [5.41, 5.74) is -1.41. The molecule has 0 aliphatic heterocycles. The number of esters is 1. The predicted octanol–water partition coefficient (Wildman–Crippen LogP) is 3.08. The highest BCUT2D eigenvalue weighted by atomic mass is 19.4. The third-order valence-corrected chi connectivity index (χ3v) is 2.81. The minimum atomic E-state index is -4.70. The van der Waals surface area contributed by atoms with Crippen molar-refractivity contribution in [1.82, 2.24) is 0 Å². The Morgan fingerprint density at radius 3 is 2.45 bits per heavy atom. The maximum absolute atomic E-state index is 13.2. The highest BCUT2D eigenvalue weighted by Gasteiger charge is 2.32. The lowest BCUT2D eigenvalue weighted by Crippen LogP contribution is -2.16. The molecular formula is C13H14F4O3. The summed E-state index contributed by atoms with van der Waals surface area (Å²) in [5.74, 6) is -2.41. The fourth-order valence-corrected chi connectivity index (χ4v) is 1.74. The first-order valence-electron chi connectivity index (χ1n) is 5.78. The van der Waals surface area contributed by atoms with E-state index in [0.717, 1.165) is 13.2 Å². The molecule has 0 heterocycles. The van der Waals surface area contributed by atoms with Gasteiger partial charge in [0.15, 0.2) is 0 Å². The molecule has 0 aliphatic carbocycles. The number of hydrogen-bond acceptors (Lipinski definition) is 3. The van der Waals surface area contributed by atoms with Crippen LogP contribution in [0.2, 0.25) is 0 Å². The molecule has 112 valence electrons. The lowest BCUT2D eigenvalue weighted by atomic mass is 9.97. The summed E-state index contributed by atoms with van der Waals surface area (Å²) < 4.78 is 55.2. The molecule has 20 heavy (non-hydrogen) atoms. The molecule has 1 rings (SSSR count). The number of benzene rings is 1. The molecule has 7 heteroatoms. The molecule has 0 spiro atoms. The van der Waals surface area contributed by atoms with Crippen LogP contribution in [0.25, 0.3) is 0 Å². The van der Waals surface area contributed by atoms with Crippen LogP contribution in [0.3, 0.4) is 0 Å². The summed E-state index contributed by atoms with van der Waals surface area (Å²) in [6.45, 7) is 1.46. The van der Waals surface area contributed by atoms with Crippen LogP contribution in [0, 0.1) is 11.7 Å². The van der Waals surface area contributed by atoms with E-state index in [0.29, 0.717) is 12.1 Å². The zero-order chi connectivity index (χ0) is 15.5. The number of ether oxygens (including phenoxy) is 1. The molecule has 0 saturated carbocycles. The maximum atomic E-state index is 13.2. The van der Waals surface area contributed by atoms with Crippen molar-refractivity contribution < 1.29 is 32.2 Å². The summed E-state index contributed by atoms with van der Waals surface area (Å²) in [6, 6.07) is 1.82. The third-order valence-electron chi connectivity index (χ3n) is 2.81. The maximum Gasteiger partial charge on any atom is 0.416 e. The highest BCUT2D eigenvalue weighted by Crippen LogP contribution is 2.32. The first-order chi connectivity index (χ1) is 9.15. The average Bonchev–Trinajstić information content (AvgIpc) is 2.35. The van der Waals surface area contributed by atoms with E-state index >= 15 is 0 Å². The van der Waals surface area contributed by atoms with Crippen molar-refractivity contribution >= 4 is 5.97 Å². The minimum Gasteiger partial charge on any atom is -0.469 e. The molecule has 2 atom stereocenters. The zero-order valence-corrected chi connectivity index (χ0v) is 10.9. The Morgan fingerprint density at radius 1 is 1.35 bits per heavy atom. The molecule has 0 saturated heterocycles. The van der Waals surface area contributed by atoms with Crippen LogP contribution < -0.4 is 0 Å². The van der Waals surface area contributed by atoms with Crippen molar-refractivity contribution in [3.05, 3.63) is 35.1 Å². The first kappa shape index (κ1) is 16.4. The Bertz CT molecular complexity index is 485. The Balaban J connectivity index is 2.96. The summed E-state index contributed by atoms with van der Waals surface area (Å²) in [6.07, 6.45) is -6.25. The van der Waals surface area contributed by atoms with Gasteiger partial charge in [0.05, 0.1) is 24.7 Å². The smallest absolute Gasteiger partial charge is 0.416 e. The molecule has 3 nitrogen and oxygen atoms in total. The van der Waals surface area contributed by atoms with Crippen LogP contribution in [0.5, 0.6) is 0 Å². The van der Waals surface area contributed by atoms with Crippen molar-refractivity contribution in [1.29, 1.82) is 0 Å². The predicted molar refractivity (Wildman–Crippen MR) is 62.2 cm³/mol. The van der Waals surface area contributed by atoms with Gasteiger partial charge in [-0.05, 0) is 30.2 Å². The Kier molecular flexibility index (Phi) is 5.10. The van der Waals surface area contributed by atoms with Crippen LogP contribution in [0.15, 0.2) is 18.2 Å². The van der Waals surface area contributed by atoms with E-state index in [1.54, 1.807) is 0 Å². The van der Waals surface area contributed by atoms with Gasteiger partial charge in [0.2, 0.25) is 0 Å². The molecule has 2 unspecified atom stereocenters. The van der Waals surface area contributed by atoms with Gasteiger partial charge in [-0.2, -0.15) is 13.2 Å². The molecule has 0 aromatic heterocycles. The summed E-state index contributed by atoms with van der Waals surface area (Å²) >= 11 is 0. The molecule has 0 bridgehead atoms. The van der Waals surface area contributed by atoms with Gasteiger partial charge in [-0.25, -0.2) is 4.39 Å². The summed E-state index contributed by atoms with van der Waals surface area (Å²) in [4.78, 5) is 11.2. The Morgan fingerprint density at radius 2 is 1.95 bits per heavy atom. The lowest BCUT2D eigenvalue weighted by Gasteiger charge is -2.17. The molecule has 1 N–H and O–H groups in total.